The van der Waals surface area contributed by atoms with Gasteiger partial charge in [0.1, 0.15) is 0 Å². The second-order valence-electron chi connectivity index (χ2n) is 4.47. The topological polar surface area (TPSA) is 99.0 Å². The first kappa shape index (κ1) is 15.6. The molecule has 0 radical (unpaired) electrons. The van der Waals surface area contributed by atoms with Crippen LogP contribution in [0.4, 0.5) is 5.82 Å². The number of esters is 1. The molecule has 0 saturated heterocycles. The third kappa shape index (κ3) is 4.97. The summed E-state index contributed by atoms with van der Waals surface area (Å²) in [5, 5.41) is 10.5. The number of carbonyl (C=O) groups is 2. The number of carbonyl (C=O) groups excluding carboxylic acids is 2. The molecular weight excluding hydrogens is 286 g/mol. The van der Waals surface area contributed by atoms with Gasteiger partial charge in [-0.3, -0.25) is 9.78 Å². The van der Waals surface area contributed by atoms with Crippen molar-refractivity contribution in [2.75, 3.05) is 11.9 Å². The lowest BCUT2D eigenvalue weighted by Gasteiger charge is -2.02. The summed E-state index contributed by atoms with van der Waals surface area (Å²) >= 11 is 0. The van der Waals surface area contributed by atoms with Gasteiger partial charge < -0.3 is 10.1 Å². The van der Waals surface area contributed by atoms with Gasteiger partial charge in [-0.05, 0) is 25.0 Å². The van der Waals surface area contributed by atoms with Crippen molar-refractivity contribution >= 4 is 17.7 Å². The van der Waals surface area contributed by atoms with Crippen LogP contribution in [0.3, 0.4) is 0 Å². The van der Waals surface area contributed by atoms with Gasteiger partial charge in [-0.2, -0.15) is 9.90 Å². The molecule has 0 aliphatic carbocycles. The number of nitrogens with zero attached hydrogens (tertiary/aromatic N) is 4. The summed E-state index contributed by atoms with van der Waals surface area (Å²) in [4.78, 5) is 28.3. The number of pyridine rings is 1. The molecule has 0 aliphatic rings. The molecule has 22 heavy (non-hydrogen) atoms. The molecule has 1 N–H and O–H groups in total. The number of aromatic nitrogens is 4. The highest BCUT2D eigenvalue weighted by Gasteiger charge is 2.09. The van der Waals surface area contributed by atoms with Crippen molar-refractivity contribution in [1.29, 1.82) is 0 Å². The maximum Gasteiger partial charge on any atom is 0.329 e. The van der Waals surface area contributed by atoms with E-state index in [0.29, 0.717) is 25.3 Å². The highest BCUT2D eigenvalue weighted by Crippen LogP contribution is 2.04. The molecule has 8 nitrogen and oxygen atoms in total. The Labute approximate surface area is 127 Å². The fraction of sp³-hybridized carbons (Fsp3) is 0.357. The van der Waals surface area contributed by atoms with Crippen molar-refractivity contribution in [3.63, 3.8) is 0 Å². The molecule has 2 rings (SSSR count). The third-order valence-electron chi connectivity index (χ3n) is 2.74. The summed E-state index contributed by atoms with van der Waals surface area (Å²) in [5.74, 6) is -0.292. The van der Waals surface area contributed by atoms with E-state index in [2.05, 4.69) is 20.5 Å². The van der Waals surface area contributed by atoms with E-state index >= 15 is 0 Å². The number of amides is 1. The molecule has 2 aromatic rings. The minimum atomic E-state index is -0.424. The molecule has 116 valence electrons. The molecule has 2 heterocycles. The molecule has 0 bridgehead atoms. The Morgan fingerprint density at radius 3 is 2.95 bits per heavy atom. The zero-order chi connectivity index (χ0) is 15.8. The average Bonchev–Trinajstić information content (AvgIpc) is 2.93. The number of rotatable bonds is 7. The second kappa shape index (κ2) is 7.87. The van der Waals surface area contributed by atoms with Crippen LogP contribution in [0.1, 0.15) is 18.9 Å². The van der Waals surface area contributed by atoms with E-state index in [4.69, 9.17) is 4.74 Å². The second-order valence-corrected chi connectivity index (χ2v) is 4.47. The SMILES string of the molecule is CCOC(=O)Cn1ncc(NC(=O)CCc2cccnc2)n1. The number of aryl methyl sites for hydroxylation is 1. The van der Waals surface area contributed by atoms with Crippen LogP contribution in [0, 0.1) is 0 Å². The highest BCUT2D eigenvalue weighted by atomic mass is 16.5. The number of nitrogens with one attached hydrogen (secondary N) is 1. The molecule has 8 heteroatoms. The lowest BCUT2D eigenvalue weighted by atomic mass is 10.1. The van der Waals surface area contributed by atoms with E-state index < -0.39 is 5.97 Å². The predicted molar refractivity (Wildman–Crippen MR) is 77.8 cm³/mol. The maximum atomic E-state index is 11.8. The molecule has 0 spiro atoms. The monoisotopic (exact) mass is 303 g/mol. The molecule has 0 atom stereocenters. The normalized spacial score (nSPS) is 10.2. The van der Waals surface area contributed by atoms with E-state index in [1.807, 2.05) is 12.1 Å². The van der Waals surface area contributed by atoms with Crippen molar-refractivity contribution in [3.8, 4) is 0 Å². The lowest BCUT2D eigenvalue weighted by Crippen LogP contribution is -2.16. The molecule has 0 unspecified atom stereocenters. The van der Waals surface area contributed by atoms with Gasteiger partial charge in [0.25, 0.3) is 0 Å². The summed E-state index contributed by atoms with van der Waals surface area (Å²) in [6.45, 7) is 1.94. The molecule has 2 aromatic heterocycles. The fourth-order valence-electron chi connectivity index (χ4n) is 1.76. The van der Waals surface area contributed by atoms with E-state index in [1.54, 1.807) is 19.3 Å². The molecule has 0 aromatic carbocycles. The smallest absolute Gasteiger partial charge is 0.329 e. The van der Waals surface area contributed by atoms with E-state index in [0.717, 1.165) is 5.56 Å². The molecular formula is C14H17N5O3. The quantitative estimate of drug-likeness (QED) is 0.760. The summed E-state index contributed by atoms with van der Waals surface area (Å²) < 4.78 is 4.79. The van der Waals surface area contributed by atoms with Gasteiger partial charge in [0.15, 0.2) is 12.4 Å². The molecule has 0 aliphatic heterocycles. The minimum absolute atomic E-state index is 0.0839. The first-order valence-corrected chi connectivity index (χ1v) is 6.92. The lowest BCUT2D eigenvalue weighted by molar-refractivity contribution is -0.144. The van der Waals surface area contributed by atoms with Crippen molar-refractivity contribution in [2.45, 2.75) is 26.3 Å². The van der Waals surface area contributed by atoms with Crippen LogP contribution in [0.15, 0.2) is 30.7 Å². The van der Waals surface area contributed by atoms with Gasteiger partial charge in [0.05, 0.1) is 12.8 Å². The zero-order valence-corrected chi connectivity index (χ0v) is 12.2. The van der Waals surface area contributed by atoms with Crippen LogP contribution >= 0.6 is 0 Å². The standard InChI is InChI=1S/C14H17N5O3/c1-2-22-14(21)10-19-16-9-12(18-19)17-13(20)6-5-11-4-3-7-15-8-11/h3-4,7-9H,2,5-6,10H2,1H3,(H,17,18,20). The number of hydrogen-bond donors (Lipinski definition) is 1. The third-order valence-corrected chi connectivity index (χ3v) is 2.74. The van der Waals surface area contributed by atoms with Crippen LogP contribution < -0.4 is 5.32 Å². The average molecular weight is 303 g/mol. The minimum Gasteiger partial charge on any atom is -0.465 e. The number of hydrogen-bond acceptors (Lipinski definition) is 6. The van der Waals surface area contributed by atoms with Gasteiger partial charge in [-0.25, -0.2) is 4.79 Å². The molecule has 0 saturated carbocycles. The maximum absolute atomic E-state index is 11.8. The van der Waals surface area contributed by atoms with Gasteiger partial charge in [0.2, 0.25) is 5.91 Å². The van der Waals surface area contributed by atoms with Crippen LogP contribution in [0.25, 0.3) is 0 Å². The van der Waals surface area contributed by atoms with E-state index in [-0.39, 0.29) is 12.5 Å². The highest BCUT2D eigenvalue weighted by molar-refractivity contribution is 5.89. The van der Waals surface area contributed by atoms with Crippen molar-refractivity contribution in [1.82, 2.24) is 20.0 Å². The van der Waals surface area contributed by atoms with Crippen LogP contribution in [0.2, 0.25) is 0 Å². The van der Waals surface area contributed by atoms with Gasteiger partial charge in [0, 0.05) is 18.8 Å². The summed E-state index contributed by atoms with van der Waals surface area (Å²) in [5.41, 5.74) is 0.989. The fourth-order valence-corrected chi connectivity index (χ4v) is 1.76. The Bertz CT molecular complexity index is 626. The Morgan fingerprint density at radius 2 is 2.23 bits per heavy atom. The first-order chi connectivity index (χ1) is 10.7. The largest absolute Gasteiger partial charge is 0.465 e. The van der Waals surface area contributed by atoms with Crippen molar-refractivity contribution in [2.24, 2.45) is 0 Å². The Hall–Kier alpha value is -2.77. The Morgan fingerprint density at radius 1 is 1.36 bits per heavy atom. The summed E-state index contributed by atoms with van der Waals surface area (Å²) in [7, 11) is 0. The van der Waals surface area contributed by atoms with Crippen LogP contribution in [-0.4, -0.2) is 38.5 Å². The van der Waals surface area contributed by atoms with E-state index in [9.17, 15) is 9.59 Å². The summed E-state index contributed by atoms with van der Waals surface area (Å²) in [6, 6.07) is 3.74. The Kier molecular flexibility index (Phi) is 5.58. The van der Waals surface area contributed by atoms with Crippen LogP contribution in [0.5, 0.6) is 0 Å². The number of ether oxygens (including phenoxy) is 1. The zero-order valence-electron chi connectivity index (χ0n) is 12.2. The first-order valence-electron chi connectivity index (χ1n) is 6.92. The number of anilines is 1. The van der Waals surface area contributed by atoms with Crippen LogP contribution in [-0.2, 0) is 27.3 Å². The van der Waals surface area contributed by atoms with Gasteiger partial charge in [-0.15, -0.1) is 5.10 Å². The van der Waals surface area contributed by atoms with Crippen molar-refractivity contribution < 1.29 is 14.3 Å². The Balaban J connectivity index is 1.79. The van der Waals surface area contributed by atoms with Crippen molar-refractivity contribution in [3.05, 3.63) is 36.3 Å². The predicted octanol–water partition coefficient (Wildman–Crippen LogP) is 0.807. The molecule has 1 amide bonds. The van der Waals surface area contributed by atoms with Gasteiger partial charge >= 0.3 is 5.97 Å². The van der Waals surface area contributed by atoms with Gasteiger partial charge in [-0.1, -0.05) is 6.07 Å². The molecule has 0 fully saturated rings. The van der Waals surface area contributed by atoms with E-state index in [1.165, 1.54) is 11.0 Å². The summed E-state index contributed by atoms with van der Waals surface area (Å²) in [6.07, 6.45) is 5.71.